The molecule has 0 spiro atoms. The van der Waals surface area contributed by atoms with Crippen molar-refractivity contribution in [2.75, 3.05) is 25.6 Å². The molecule has 0 unspecified atom stereocenters. The van der Waals surface area contributed by atoms with Gasteiger partial charge in [0.2, 0.25) is 5.91 Å². The summed E-state index contributed by atoms with van der Waals surface area (Å²) in [5.41, 5.74) is 1.44. The van der Waals surface area contributed by atoms with Gasteiger partial charge in [0.05, 0.1) is 25.2 Å². The van der Waals surface area contributed by atoms with Crippen molar-refractivity contribution < 1.29 is 26.9 Å². The molecule has 2 rings (SSSR count). The average Bonchev–Trinajstić information content (AvgIpc) is 2.61. The molecule has 0 heterocycles. The second-order valence-electron chi connectivity index (χ2n) is 5.84. The van der Waals surface area contributed by atoms with Crippen LogP contribution in [0.3, 0.4) is 0 Å². The molecule has 0 saturated heterocycles. The van der Waals surface area contributed by atoms with Gasteiger partial charge < -0.3 is 14.8 Å². The fourth-order valence-corrected chi connectivity index (χ4v) is 3.37. The fraction of sp³-hybridized carbons (Fsp3) is 0.316. The Morgan fingerprint density at radius 3 is 2.52 bits per heavy atom. The highest BCUT2D eigenvalue weighted by Crippen LogP contribution is 2.30. The minimum absolute atomic E-state index is 0.00255. The molecule has 27 heavy (non-hydrogen) atoms. The zero-order chi connectivity index (χ0) is 19.9. The van der Waals surface area contributed by atoms with E-state index in [4.69, 9.17) is 13.7 Å². The Kier molecular flexibility index (Phi) is 7.20. The Bertz CT molecular complexity index is 895. The summed E-state index contributed by atoms with van der Waals surface area (Å²) in [5, 5.41) is 2.66. The lowest BCUT2D eigenvalue weighted by atomic mass is 10.2. The van der Waals surface area contributed by atoms with Crippen molar-refractivity contribution in [3.05, 3.63) is 48.0 Å². The van der Waals surface area contributed by atoms with Gasteiger partial charge in [-0.25, -0.2) is 0 Å². The Morgan fingerprint density at radius 2 is 1.85 bits per heavy atom. The van der Waals surface area contributed by atoms with Crippen LogP contribution >= 0.6 is 0 Å². The van der Waals surface area contributed by atoms with Gasteiger partial charge in [-0.1, -0.05) is 12.1 Å². The highest BCUT2D eigenvalue weighted by molar-refractivity contribution is 7.86. The first kappa shape index (κ1) is 20.7. The van der Waals surface area contributed by atoms with Crippen molar-refractivity contribution in [3.8, 4) is 11.5 Å². The first-order valence-electron chi connectivity index (χ1n) is 8.36. The number of aryl methyl sites for hydroxylation is 1. The molecular weight excluding hydrogens is 370 g/mol. The summed E-state index contributed by atoms with van der Waals surface area (Å²) in [4.78, 5) is 11.2. The maximum absolute atomic E-state index is 12.1. The highest BCUT2D eigenvalue weighted by atomic mass is 32.2. The van der Waals surface area contributed by atoms with Gasteiger partial charge in [0, 0.05) is 25.1 Å². The van der Waals surface area contributed by atoms with E-state index < -0.39 is 10.1 Å². The average molecular weight is 393 g/mol. The fourth-order valence-electron chi connectivity index (χ4n) is 2.32. The lowest BCUT2D eigenvalue weighted by Crippen LogP contribution is -2.10. The third-order valence-corrected chi connectivity index (χ3v) is 4.86. The minimum Gasteiger partial charge on any atom is -0.493 e. The number of nitrogens with one attached hydrogen (secondary N) is 1. The molecule has 0 fully saturated rings. The summed E-state index contributed by atoms with van der Waals surface area (Å²) in [6.45, 7) is 3.49. The summed E-state index contributed by atoms with van der Waals surface area (Å²) >= 11 is 0. The molecule has 1 amide bonds. The molecule has 0 aliphatic carbocycles. The van der Waals surface area contributed by atoms with E-state index in [-0.39, 0.29) is 24.0 Å². The number of methoxy groups -OCH3 is 1. The summed E-state index contributed by atoms with van der Waals surface area (Å²) < 4.78 is 40.2. The van der Waals surface area contributed by atoms with Crippen LogP contribution in [-0.2, 0) is 19.1 Å². The number of carbonyl (C=O) groups excluding carboxylic acids is 1. The summed E-state index contributed by atoms with van der Waals surface area (Å²) in [5.74, 6) is 0.778. The molecule has 2 aromatic carbocycles. The zero-order valence-electron chi connectivity index (χ0n) is 15.5. The lowest BCUT2D eigenvalue weighted by Gasteiger charge is -2.12. The molecule has 0 bridgehead atoms. The smallest absolute Gasteiger partial charge is 0.296 e. The summed E-state index contributed by atoms with van der Waals surface area (Å²) in [6.07, 6.45) is 0.377. The van der Waals surface area contributed by atoms with Gasteiger partial charge in [0.25, 0.3) is 10.1 Å². The first-order chi connectivity index (χ1) is 12.8. The topological polar surface area (TPSA) is 90.9 Å². The van der Waals surface area contributed by atoms with E-state index >= 15 is 0 Å². The SMILES string of the molecule is COc1cc(NC(C)=O)ccc1OCCCOS(=O)(=O)c1cccc(C)c1. The number of hydrogen-bond donors (Lipinski definition) is 1. The summed E-state index contributed by atoms with van der Waals surface area (Å²) in [6, 6.07) is 11.6. The highest BCUT2D eigenvalue weighted by Gasteiger charge is 2.15. The van der Waals surface area contributed by atoms with Gasteiger partial charge in [0.15, 0.2) is 11.5 Å². The molecule has 0 saturated carbocycles. The molecule has 8 heteroatoms. The molecule has 146 valence electrons. The van der Waals surface area contributed by atoms with Crippen molar-refractivity contribution in [2.24, 2.45) is 0 Å². The van der Waals surface area contributed by atoms with Crippen LogP contribution in [0.2, 0.25) is 0 Å². The Morgan fingerprint density at radius 1 is 1.07 bits per heavy atom. The van der Waals surface area contributed by atoms with Crippen LogP contribution in [0, 0.1) is 6.92 Å². The van der Waals surface area contributed by atoms with Gasteiger partial charge >= 0.3 is 0 Å². The third kappa shape index (κ3) is 6.26. The first-order valence-corrected chi connectivity index (χ1v) is 9.77. The Labute approximate surface area is 159 Å². The Balaban J connectivity index is 1.85. The van der Waals surface area contributed by atoms with Gasteiger partial charge in [-0.3, -0.25) is 8.98 Å². The molecule has 0 atom stereocenters. The van der Waals surface area contributed by atoms with Crippen LogP contribution in [0.1, 0.15) is 18.9 Å². The predicted octanol–water partition coefficient (Wildman–Crippen LogP) is 3.14. The van der Waals surface area contributed by atoms with E-state index in [0.29, 0.717) is 23.6 Å². The standard InChI is InChI=1S/C19H23NO6S/c1-14-6-4-7-17(12-14)27(22,23)26-11-5-10-25-18-9-8-16(20-15(2)21)13-19(18)24-3/h4,6-9,12-13H,5,10-11H2,1-3H3,(H,20,21). The number of anilines is 1. The van der Waals surface area contributed by atoms with Gasteiger partial charge in [-0.05, 0) is 36.8 Å². The molecule has 0 aliphatic heterocycles. The van der Waals surface area contributed by atoms with Crippen LogP contribution < -0.4 is 14.8 Å². The molecular formula is C19H23NO6S. The van der Waals surface area contributed by atoms with E-state index in [1.807, 2.05) is 13.0 Å². The van der Waals surface area contributed by atoms with Crippen LogP contribution in [0.15, 0.2) is 47.4 Å². The monoisotopic (exact) mass is 393 g/mol. The molecule has 0 aromatic heterocycles. The van der Waals surface area contributed by atoms with E-state index in [1.54, 1.807) is 30.3 Å². The van der Waals surface area contributed by atoms with Crippen molar-refractivity contribution in [3.63, 3.8) is 0 Å². The van der Waals surface area contributed by atoms with E-state index in [9.17, 15) is 13.2 Å². The molecule has 2 aromatic rings. The molecule has 1 N–H and O–H groups in total. The molecule has 7 nitrogen and oxygen atoms in total. The van der Waals surface area contributed by atoms with E-state index in [1.165, 1.54) is 20.1 Å². The van der Waals surface area contributed by atoms with Gasteiger partial charge in [-0.15, -0.1) is 0 Å². The van der Waals surface area contributed by atoms with Crippen molar-refractivity contribution in [1.82, 2.24) is 0 Å². The van der Waals surface area contributed by atoms with Gasteiger partial charge in [0.1, 0.15) is 0 Å². The maximum atomic E-state index is 12.1. The van der Waals surface area contributed by atoms with Crippen LogP contribution in [0.5, 0.6) is 11.5 Å². The maximum Gasteiger partial charge on any atom is 0.296 e. The summed E-state index contributed by atoms with van der Waals surface area (Å²) in [7, 11) is -2.28. The number of benzene rings is 2. The number of rotatable bonds is 9. The number of ether oxygens (including phenoxy) is 2. The quantitative estimate of drug-likeness (QED) is 0.520. The Hall–Kier alpha value is -2.58. The lowest BCUT2D eigenvalue weighted by molar-refractivity contribution is -0.114. The number of amides is 1. The number of carbonyl (C=O) groups is 1. The van der Waals surface area contributed by atoms with Gasteiger partial charge in [-0.2, -0.15) is 8.42 Å². The van der Waals surface area contributed by atoms with E-state index in [0.717, 1.165) is 5.56 Å². The third-order valence-electron chi connectivity index (χ3n) is 3.55. The van der Waals surface area contributed by atoms with E-state index in [2.05, 4.69) is 5.32 Å². The zero-order valence-corrected chi connectivity index (χ0v) is 16.3. The second kappa shape index (κ2) is 9.38. The normalized spacial score (nSPS) is 11.1. The largest absolute Gasteiger partial charge is 0.493 e. The molecule has 0 radical (unpaired) electrons. The van der Waals surface area contributed by atoms with Crippen molar-refractivity contribution in [2.45, 2.75) is 25.2 Å². The van der Waals surface area contributed by atoms with Crippen LogP contribution in [0.25, 0.3) is 0 Å². The second-order valence-corrected chi connectivity index (χ2v) is 7.46. The van der Waals surface area contributed by atoms with Crippen LogP contribution in [-0.4, -0.2) is 34.6 Å². The van der Waals surface area contributed by atoms with Crippen molar-refractivity contribution >= 4 is 21.7 Å². The van der Waals surface area contributed by atoms with Crippen LogP contribution in [0.4, 0.5) is 5.69 Å². The minimum atomic E-state index is -3.78. The molecule has 0 aliphatic rings. The van der Waals surface area contributed by atoms with Crippen molar-refractivity contribution in [1.29, 1.82) is 0 Å². The number of hydrogen-bond acceptors (Lipinski definition) is 6. The predicted molar refractivity (Wildman–Crippen MR) is 102 cm³/mol.